The molecule has 1 N–H and O–H groups in total. The van der Waals surface area contributed by atoms with Crippen LogP contribution >= 0.6 is 0 Å². The lowest BCUT2D eigenvalue weighted by Gasteiger charge is -2.31. The van der Waals surface area contributed by atoms with Crippen LogP contribution in [0, 0.1) is 11.6 Å². The van der Waals surface area contributed by atoms with Crippen molar-refractivity contribution < 1.29 is 23.1 Å². The van der Waals surface area contributed by atoms with Gasteiger partial charge in [-0.05, 0) is 38.0 Å². The van der Waals surface area contributed by atoms with Crippen LogP contribution in [-0.4, -0.2) is 42.6 Å². The highest BCUT2D eigenvalue weighted by molar-refractivity contribution is 5.92. The van der Waals surface area contributed by atoms with Gasteiger partial charge >= 0.3 is 6.09 Å². The summed E-state index contributed by atoms with van der Waals surface area (Å²) in [5, 5.41) is 2.77. The van der Waals surface area contributed by atoms with Gasteiger partial charge in [-0.25, -0.2) is 13.6 Å². The fourth-order valence-electron chi connectivity index (χ4n) is 2.50. The summed E-state index contributed by atoms with van der Waals surface area (Å²) in [7, 11) is 0. The van der Waals surface area contributed by atoms with E-state index in [1.807, 2.05) is 0 Å². The normalized spacial score (nSPS) is 15.5. The summed E-state index contributed by atoms with van der Waals surface area (Å²) in [5.74, 6) is -1.86. The predicted octanol–water partition coefficient (Wildman–Crippen LogP) is 2.72. The summed E-state index contributed by atoms with van der Waals surface area (Å²) in [6.07, 6.45) is 3.09. The number of nitrogens with zero attached hydrogens (tertiary/aromatic N) is 1. The van der Waals surface area contributed by atoms with Crippen LogP contribution < -0.4 is 5.32 Å². The van der Waals surface area contributed by atoms with Crippen molar-refractivity contribution in [1.29, 1.82) is 0 Å². The summed E-state index contributed by atoms with van der Waals surface area (Å²) < 4.78 is 31.9. The van der Waals surface area contributed by atoms with Crippen molar-refractivity contribution in [3.05, 3.63) is 41.5 Å². The Kier molecular flexibility index (Phi) is 6.28. The number of hydrogen-bond acceptors (Lipinski definition) is 3. The quantitative estimate of drug-likeness (QED) is 0.859. The molecule has 0 saturated carbocycles. The van der Waals surface area contributed by atoms with Gasteiger partial charge in [-0.3, -0.25) is 4.79 Å². The van der Waals surface area contributed by atoms with Crippen molar-refractivity contribution in [2.45, 2.75) is 25.8 Å². The van der Waals surface area contributed by atoms with Crippen molar-refractivity contribution in [3.8, 4) is 0 Å². The molecule has 0 radical (unpaired) electrons. The summed E-state index contributed by atoms with van der Waals surface area (Å²) in [6.45, 7) is 3.06. The number of hydrogen-bond donors (Lipinski definition) is 1. The van der Waals surface area contributed by atoms with E-state index in [2.05, 4.69) is 5.32 Å². The van der Waals surface area contributed by atoms with Crippen molar-refractivity contribution in [1.82, 2.24) is 10.2 Å². The molecule has 1 aliphatic heterocycles. The standard InChI is InChI=1S/C17H20F2N2O3/c1-2-24-17(23)21-10-8-12(9-11-21)20-16(22)7-6-13-14(18)4-3-5-15(13)19/h3-7,12H,2,8-11H2,1H3,(H,20,22)/b7-6+. The number of halogens is 2. The number of benzene rings is 1. The monoisotopic (exact) mass is 338 g/mol. The molecule has 0 unspecified atom stereocenters. The topological polar surface area (TPSA) is 58.6 Å². The van der Waals surface area contributed by atoms with E-state index in [9.17, 15) is 18.4 Å². The third-order valence-electron chi connectivity index (χ3n) is 3.77. The molecule has 1 heterocycles. The molecule has 1 aliphatic rings. The van der Waals surface area contributed by atoms with E-state index < -0.39 is 17.5 Å². The van der Waals surface area contributed by atoms with Gasteiger partial charge in [0.25, 0.3) is 0 Å². The minimum absolute atomic E-state index is 0.0849. The van der Waals surface area contributed by atoms with E-state index in [0.717, 1.165) is 24.3 Å². The van der Waals surface area contributed by atoms with Gasteiger partial charge in [-0.15, -0.1) is 0 Å². The zero-order chi connectivity index (χ0) is 17.5. The first-order valence-corrected chi connectivity index (χ1v) is 7.85. The molecule has 5 nitrogen and oxygen atoms in total. The Balaban J connectivity index is 1.84. The SMILES string of the molecule is CCOC(=O)N1CCC(NC(=O)/C=C/c2c(F)cccc2F)CC1. The zero-order valence-corrected chi connectivity index (χ0v) is 13.4. The van der Waals surface area contributed by atoms with E-state index >= 15 is 0 Å². The number of carbonyl (C=O) groups excluding carboxylic acids is 2. The maximum atomic E-state index is 13.5. The molecule has 2 rings (SSSR count). The molecule has 0 atom stereocenters. The minimum Gasteiger partial charge on any atom is -0.450 e. The lowest BCUT2D eigenvalue weighted by atomic mass is 10.1. The van der Waals surface area contributed by atoms with Crippen LogP contribution in [0.2, 0.25) is 0 Å². The summed E-state index contributed by atoms with van der Waals surface area (Å²) in [4.78, 5) is 25.1. The molecule has 7 heteroatoms. The van der Waals surface area contributed by atoms with Crippen LogP contribution in [-0.2, 0) is 9.53 Å². The summed E-state index contributed by atoms with van der Waals surface area (Å²) >= 11 is 0. The van der Waals surface area contributed by atoms with Gasteiger partial charge in [-0.2, -0.15) is 0 Å². The van der Waals surface area contributed by atoms with Crippen LogP contribution in [0.25, 0.3) is 6.08 Å². The van der Waals surface area contributed by atoms with Gasteiger partial charge < -0.3 is 15.0 Å². The number of ether oxygens (including phenoxy) is 1. The van der Waals surface area contributed by atoms with Crippen molar-refractivity contribution in [3.63, 3.8) is 0 Å². The fourth-order valence-corrected chi connectivity index (χ4v) is 2.50. The van der Waals surface area contributed by atoms with Crippen LogP contribution in [0.4, 0.5) is 13.6 Å². The lowest BCUT2D eigenvalue weighted by molar-refractivity contribution is -0.117. The Morgan fingerprint density at radius 2 is 1.92 bits per heavy atom. The van der Waals surface area contributed by atoms with Gasteiger partial charge in [-0.1, -0.05) is 6.07 Å². The van der Waals surface area contributed by atoms with E-state index in [-0.39, 0.29) is 17.7 Å². The maximum Gasteiger partial charge on any atom is 0.409 e. The smallest absolute Gasteiger partial charge is 0.409 e. The van der Waals surface area contributed by atoms with Crippen molar-refractivity contribution in [2.75, 3.05) is 19.7 Å². The Hall–Kier alpha value is -2.44. The number of nitrogens with one attached hydrogen (secondary N) is 1. The van der Waals surface area contributed by atoms with Crippen LogP contribution in [0.3, 0.4) is 0 Å². The number of likely N-dealkylation sites (tertiary alicyclic amines) is 1. The number of amides is 2. The van der Waals surface area contributed by atoms with Crippen LogP contribution in [0.15, 0.2) is 24.3 Å². The highest BCUT2D eigenvalue weighted by Gasteiger charge is 2.24. The first kappa shape index (κ1) is 17.9. The highest BCUT2D eigenvalue weighted by atomic mass is 19.1. The molecule has 1 aromatic rings. The Labute approximate surface area is 139 Å². The van der Waals surface area contributed by atoms with Gasteiger partial charge in [0.05, 0.1) is 6.61 Å². The number of carbonyl (C=O) groups is 2. The first-order chi connectivity index (χ1) is 11.5. The molecule has 0 bridgehead atoms. The van der Waals surface area contributed by atoms with Crippen LogP contribution in [0.1, 0.15) is 25.3 Å². The first-order valence-electron chi connectivity index (χ1n) is 7.85. The lowest BCUT2D eigenvalue weighted by Crippen LogP contribution is -2.46. The molecule has 24 heavy (non-hydrogen) atoms. The fraction of sp³-hybridized carbons (Fsp3) is 0.412. The van der Waals surface area contributed by atoms with Crippen LogP contribution in [0.5, 0.6) is 0 Å². The summed E-state index contributed by atoms with van der Waals surface area (Å²) in [6, 6.07) is 3.44. The van der Waals surface area contributed by atoms with Gasteiger partial charge in [0, 0.05) is 30.8 Å². The predicted molar refractivity (Wildman–Crippen MR) is 85.2 cm³/mol. The number of piperidine rings is 1. The average molecular weight is 338 g/mol. The largest absolute Gasteiger partial charge is 0.450 e. The molecule has 0 spiro atoms. The Bertz CT molecular complexity index is 606. The molecule has 130 valence electrons. The second kappa shape index (κ2) is 8.42. The highest BCUT2D eigenvalue weighted by Crippen LogP contribution is 2.14. The molecular weight excluding hydrogens is 318 g/mol. The molecule has 1 aromatic carbocycles. The molecule has 0 aromatic heterocycles. The second-order valence-electron chi connectivity index (χ2n) is 5.44. The van der Waals surface area contributed by atoms with E-state index in [1.54, 1.807) is 11.8 Å². The molecular formula is C17H20F2N2O3. The van der Waals surface area contributed by atoms with Crippen molar-refractivity contribution >= 4 is 18.1 Å². The van der Waals surface area contributed by atoms with E-state index in [4.69, 9.17) is 4.74 Å². The average Bonchev–Trinajstić information content (AvgIpc) is 2.55. The van der Waals surface area contributed by atoms with E-state index in [1.165, 1.54) is 6.07 Å². The molecule has 1 saturated heterocycles. The van der Waals surface area contributed by atoms with E-state index in [0.29, 0.717) is 32.5 Å². The molecule has 1 fully saturated rings. The third kappa shape index (κ3) is 4.78. The minimum atomic E-state index is -0.721. The Morgan fingerprint density at radius 1 is 1.29 bits per heavy atom. The van der Waals surface area contributed by atoms with Crippen molar-refractivity contribution in [2.24, 2.45) is 0 Å². The summed E-state index contributed by atoms with van der Waals surface area (Å²) in [5.41, 5.74) is -0.246. The van der Waals surface area contributed by atoms with Gasteiger partial charge in [0.2, 0.25) is 5.91 Å². The third-order valence-corrected chi connectivity index (χ3v) is 3.77. The maximum absolute atomic E-state index is 13.5. The van der Waals surface area contributed by atoms with Gasteiger partial charge in [0.1, 0.15) is 11.6 Å². The second-order valence-corrected chi connectivity index (χ2v) is 5.44. The molecule has 0 aliphatic carbocycles. The zero-order valence-electron chi connectivity index (χ0n) is 13.4. The number of rotatable bonds is 4. The Morgan fingerprint density at radius 3 is 2.50 bits per heavy atom. The molecule has 2 amide bonds. The van der Waals surface area contributed by atoms with Gasteiger partial charge in [0.15, 0.2) is 0 Å².